The molecule has 1 aromatic rings. The van der Waals surface area contributed by atoms with Crippen molar-refractivity contribution < 1.29 is 18.3 Å². The lowest BCUT2D eigenvalue weighted by molar-refractivity contribution is 0.136. The number of aromatic nitrogens is 2. The molecule has 1 amide bonds. The fraction of sp³-hybridized carbons (Fsp3) is 0.545. The van der Waals surface area contributed by atoms with Crippen molar-refractivity contribution in [3.05, 3.63) is 11.2 Å². The maximum atomic E-state index is 11.6. The Kier molecular flexibility index (Phi) is 4.24. The zero-order valence-electron chi connectivity index (χ0n) is 11.5. The van der Waals surface area contributed by atoms with Crippen molar-refractivity contribution in [1.29, 1.82) is 0 Å². The van der Waals surface area contributed by atoms with Crippen LogP contribution in [0.25, 0.3) is 0 Å². The number of carboxylic acid groups (broad SMARTS) is 1. The molecule has 1 N–H and O–H groups in total. The van der Waals surface area contributed by atoms with Crippen LogP contribution in [0.5, 0.6) is 0 Å². The summed E-state index contributed by atoms with van der Waals surface area (Å²) in [5.41, 5.74) is 0. The van der Waals surface area contributed by atoms with E-state index in [2.05, 4.69) is 9.97 Å². The summed E-state index contributed by atoms with van der Waals surface area (Å²) in [6.07, 6.45) is 1.29. The molecule has 1 aliphatic heterocycles. The molecule has 1 fully saturated rings. The van der Waals surface area contributed by atoms with Gasteiger partial charge in [0, 0.05) is 31.9 Å². The maximum Gasteiger partial charge on any atom is 0.407 e. The number of piperazine rings is 1. The van der Waals surface area contributed by atoms with Crippen LogP contribution in [0.4, 0.5) is 10.7 Å². The Morgan fingerprint density at radius 2 is 2.14 bits per heavy atom. The van der Waals surface area contributed by atoms with E-state index in [1.165, 1.54) is 11.1 Å². The van der Waals surface area contributed by atoms with Crippen LogP contribution in [0.15, 0.2) is 11.2 Å². The molecule has 21 heavy (non-hydrogen) atoms. The molecule has 10 heteroatoms. The fourth-order valence-electron chi connectivity index (χ4n) is 2.17. The fourth-order valence-corrected chi connectivity index (χ4v) is 3.34. The molecule has 1 atom stereocenters. The van der Waals surface area contributed by atoms with Crippen molar-refractivity contribution in [2.24, 2.45) is 0 Å². The molecule has 1 aliphatic rings. The first kappa shape index (κ1) is 15.8. The SMILES string of the molecule is CC1CN(C(=O)O)CCN1c1ncc(Cl)c(S(C)(=O)=O)n1. The molecule has 2 heterocycles. The zero-order chi connectivity index (χ0) is 15.8. The van der Waals surface area contributed by atoms with Crippen molar-refractivity contribution in [3.63, 3.8) is 0 Å². The molecule has 1 aromatic heterocycles. The molecule has 1 saturated heterocycles. The van der Waals surface area contributed by atoms with Crippen LogP contribution in [0.3, 0.4) is 0 Å². The highest BCUT2D eigenvalue weighted by atomic mass is 35.5. The Morgan fingerprint density at radius 1 is 1.48 bits per heavy atom. The zero-order valence-corrected chi connectivity index (χ0v) is 13.1. The minimum absolute atomic E-state index is 0.0296. The van der Waals surface area contributed by atoms with Crippen molar-refractivity contribution in [2.75, 3.05) is 30.8 Å². The third kappa shape index (κ3) is 3.35. The number of rotatable bonds is 2. The van der Waals surface area contributed by atoms with Crippen LogP contribution in [0.1, 0.15) is 6.92 Å². The van der Waals surface area contributed by atoms with E-state index in [9.17, 15) is 13.2 Å². The smallest absolute Gasteiger partial charge is 0.407 e. The van der Waals surface area contributed by atoms with Gasteiger partial charge in [0.1, 0.15) is 0 Å². The molecule has 0 aliphatic carbocycles. The number of amides is 1. The van der Waals surface area contributed by atoms with Gasteiger partial charge in [-0.05, 0) is 6.92 Å². The van der Waals surface area contributed by atoms with E-state index in [1.54, 1.807) is 4.90 Å². The van der Waals surface area contributed by atoms with Gasteiger partial charge in [-0.25, -0.2) is 18.2 Å². The first-order valence-corrected chi connectivity index (χ1v) is 8.44. The molecular formula is C11H15ClN4O4S. The summed E-state index contributed by atoms with van der Waals surface area (Å²) in [4.78, 5) is 22.1. The van der Waals surface area contributed by atoms with Crippen LogP contribution in [-0.4, -0.2) is 66.4 Å². The Morgan fingerprint density at radius 3 is 2.67 bits per heavy atom. The highest BCUT2D eigenvalue weighted by Crippen LogP contribution is 2.23. The number of nitrogens with zero attached hydrogens (tertiary/aromatic N) is 4. The van der Waals surface area contributed by atoms with Crippen molar-refractivity contribution in [1.82, 2.24) is 14.9 Å². The van der Waals surface area contributed by atoms with E-state index in [0.29, 0.717) is 19.6 Å². The molecule has 1 unspecified atom stereocenters. The van der Waals surface area contributed by atoms with Crippen LogP contribution in [0.2, 0.25) is 5.02 Å². The summed E-state index contributed by atoms with van der Waals surface area (Å²) in [6, 6.07) is -0.163. The number of hydrogen-bond donors (Lipinski definition) is 1. The molecule has 8 nitrogen and oxygen atoms in total. The highest BCUT2D eigenvalue weighted by molar-refractivity contribution is 7.90. The average molecular weight is 335 g/mol. The first-order chi connectivity index (χ1) is 9.70. The first-order valence-electron chi connectivity index (χ1n) is 6.17. The highest BCUT2D eigenvalue weighted by Gasteiger charge is 2.29. The van der Waals surface area contributed by atoms with E-state index >= 15 is 0 Å². The molecule has 0 saturated carbocycles. The summed E-state index contributed by atoms with van der Waals surface area (Å²) in [6.45, 7) is 2.82. The lowest BCUT2D eigenvalue weighted by Gasteiger charge is -2.38. The number of hydrogen-bond acceptors (Lipinski definition) is 6. The van der Waals surface area contributed by atoms with Gasteiger partial charge in [-0.15, -0.1) is 0 Å². The lowest BCUT2D eigenvalue weighted by Crippen LogP contribution is -2.54. The standard InChI is InChI=1S/C11H15ClN4O4S/c1-7-6-15(11(17)18)3-4-16(7)10-13-5-8(12)9(14-10)21(2,19)20/h5,7H,3-4,6H2,1-2H3,(H,17,18). The second kappa shape index (κ2) is 5.64. The molecule has 2 rings (SSSR count). The number of carbonyl (C=O) groups is 1. The molecule has 0 spiro atoms. The van der Waals surface area contributed by atoms with Crippen LogP contribution < -0.4 is 4.90 Å². The normalized spacial score (nSPS) is 19.7. The molecule has 0 aromatic carbocycles. The Hall–Kier alpha value is -1.61. The summed E-state index contributed by atoms with van der Waals surface area (Å²) in [5, 5.41) is 8.73. The molecule has 0 radical (unpaired) electrons. The van der Waals surface area contributed by atoms with Gasteiger partial charge in [0.15, 0.2) is 14.9 Å². The summed E-state index contributed by atoms with van der Waals surface area (Å²) < 4.78 is 23.3. The van der Waals surface area contributed by atoms with Crippen molar-refractivity contribution in [2.45, 2.75) is 18.0 Å². The molecule has 116 valence electrons. The molecule has 0 bridgehead atoms. The average Bonchev–Trinajstić information content (AvgIpc) is 2.38. The van der Waals surface area contributed by atoms with Crippen molar-refractivity contribution >= 4 is 33.5 Å². The minimum Gasteiger partial charge on any atom is -0.465 e. The van der Waals surface area contributed by atoms with Gasteiger partial charge in [-0.1, -0.05) is 11.6 Å². The third-order valence-electron chi connectivity index (χ3n) is 3.21. The van der Waals surface area contributed by atoms with Crippen molar-refractivity contribution in [3.8, 4) is 0 Å². The van der Waals surface area contributed by atoms with Gasteiger partial charge in [0.2, 0.25) is 5.95 Å². The number of sulfone groups is 1. The molecular weight excluding hydrogens is 320 g/mol. The quantitative estimate of drug-likeness (QED) is 0.795. The van der Waals surface area contributed by atoms with Gasteiger partial charge < -0.3 is 14.9 Å². The van der Waals surface area contributed by atoms with E-state index in [0.717, 1.165) is 6.26 Å². The second-order valence-corrected chi connectivity index (χ2v) is 7.20. The minimum atomic E-state index is -3.55. The Labute approximate surface area is 127 Å². The number of anilines is 1. The predicted octanol–water partition coefficient (Wildman–Crippen LogP) is 0.722. The summed E-state index contributed by atoms with van der Waals surface area (Å²) >= 11 is 5.81. The largest absolute Gasteiger partial charge is 0.465 e. The third-order valence-corrected chi connectivity index (χ3v) is 4.61. The van der Waals surface area contributed by atoms with Gasteiger partial charge in [0.05, 0.1) is 11.2 Å². The van der Waals surface area contributed by atoms with Gasteiger partial charge >= 0.3 is 6.09 Å². The van der Waals surface area contributed by atoms with Crippen LogP contribution >= 0.6 is 11.6 Å². The van der Waals surface area contributed by atoms with Crippen LogP contribution in [0, 0.1) is 0 Å². The summed E-state index contributed by atoms with van der Waals surface area (Å²) in [7, 11) is -3.55. The van der Waals surface area contributed by atoms with Gasteiger partial charge in [-0.3, -0.25) is 0 Å². The van der Waals surface area contributed by atoms with Gasteiger partial charge in [-0.2, -0.15) is 4.98 Å². The Bertz CT molecular complexity index is 666. The van der Waals surface area contributed by atoms with E-state index < -0.39 is 15.9 Å². The van der Waals surface area contributed by atoms with E-state index in [4.69, 9.17) is 16.7 Å². The summed E-state index contributed by atoms with van der Waals surface area (Å²) in [5.74, 6) is 0.234. The predicted molar refractivity (Wildman–Crippen MR) is 76.6 cm³/mol. The Balaban J connectivity index is 2.30. The van der Waals surface area contributed by atoms with E-state index in [1.807, 2.05) is 6.92 Å². The van der Waals surface area contributed by atoms with Gasteiger partial charge in [0.25, 0.3) is 0 Å². The van der Waals surface area contributed by atoms with E-state index in [-0.39, 0.29) is 22.0 Å². The number of halogens is 1. The topological polar surface area (TPSA) is 104 Å². The maximum absolute atomic E-state index is 11.6. The lowest BCUT2D eigenvalue weighted by atomic mass is 10.2. The second-order valence-electron chi connectivity index (χ2n) is 4.87. The van der Waals surface area contributed by atoms with Crippen LogP contribution in [-0.2, 0) is 9.84 Å². The monoisotopic (exact) mass is 334 g/mol.